The van der Waals surface area contributed by atoms with Crippen LogP contribution in [0.5, 0.6) is 0 Å². The molecule has 0 bridgehead atoms. The molecule has 0 aliphatic heterocycles. The minimum atomic E-state index is -0.422. The summed E-state index contributed by atoms with van der Waals surface area (Å²) in [6.45, 7) is 2.06. The molecule has 0 unspecified atom stereocenters. The van der Waals surface area contributed by atoms with Crippen LogP contribution < -0.4 is 5.32 Å². The van der Waals surface area contributed by atoms with Crippen LogP contribution in [0.4, 0.5) is 5.13 Å². The van der Waals surface area contributed by atoms with Gasteiger partial charge in [0.25, 0.3) is 0 Å². The van der Waals surface area contributed by atoms with E-state index in [2.05, 4.69) is 22.4 Å². The van der Waals surface area contributed by atoms with Gasteiger partial charge in [-0.1, -0.05) is 53.8 Å². The van der Waals surface area contributed by atoms with E-state index in [-0.39, 0.29) is 5.91 Å². The van der Waals surface area contributed by atoms with E-state index in [1.54, 1.807) is 11.8 Å². The summed E-state index contributed by atoms with van der Waals surface area (Å²) in [6.07, 6.45) is 1.71. The SMILES string of the molecule is CCSc1nnc(NC(=O)C2(c3ccc(Cl)cc3)CC2)s1. The van der Waals surface area contributed by atoms with Crippen LogP contribution in [0.25, 0.3) is 0 Å². The van der Waals surface area contributed by atoms with Crippen molar-refractivity contribution >= 4 is 45.7 Å². The minimum absolute atomic E-state index is 0.00554. The van der Waals surface area contributed by atoms with Gasteiger partial charge in [-0.3, -0.25) is 10.1 Å². The highest BCUT2D eigenvalue weighted by atomic mass is 35.5. The van der Waals surface area contributed by atoms with Crippen LogP contribution in [0.3, 0.4) is 0 Å². The Morgan fingerprint density at radius 2 is 2.10 bits per heavy atom. The third-order valence-electron chi connectivity index (χ3n) is 3.48. The molecule has 1 amide bonds. The fourth-order valence-corrected chi connectivity index (χ4v) is 3.97. The first-order valence-corrected chi connectivity index (χ1v) is 8.86. The molecule has 1 heterocycles. The topological polar surface area (TPSA) is 54.9 Å². The van der Waals surface area contributed by atoms with Crippen molar-refractivity contribution in [3.8, 4) is 0 Å². The van der Waals surface area contributed by atoms with Gasteiger partial charge in [0, 0.05) is 5.02 Å². The second-order valence-electron chi connectivity index (χ2n) is 4.85. The van der Waals surface area contributed by atoms with Gasteiger partial charge >= 0.3 is 0 Å². The second kappa shape index (κ2) is 5.94. The highest BCUT2D eigenvalue weighted by molar-refractivity contribution is 8.01. The van der Waals surface area contributed by atoms with Crippen LogP contribution in [0, 0.1) is 0 Å². The maximum atomic E-state index is 12.5. The molecule has 0 radical (unpaired) electrons. The summed E-state index contributed by atoms with van der Waals surface area (Å²) >= 11 is 8.94. The van der Waals surface area contributed by atoms with Crippen molar-refractivity contribution < 1.29 is 4.79 Å². The number of aromatic nitrogens is 2. The number of anilines is 1. The highest BCUT2D eigenvalue weighted by Crippen LogP contribution is 2.49. The van der Waals surface area contributed by atoms with E-state index in [0.29, 0.717) is 10.2 Å². The summed E-state index contributed by atoms with van der Waals surface area (Å²) in [5, 5.41) is 12.2. The molecule has 1 aromatic carbocycles. The number of benzene rings is 1. The number of nitrogens with zero attached hydrogens (tertiary/aromatic N) is 2. The number of carbonyl (C=O) groups is 1. The van der Waals surface area contributed by atoms with Gasteiger partial charge in [-0.05, 0) is 36.3 Å². The van der Waals surface area contributed by atoms with E-state index in [4.69, 9.17) is 11.6 Å². The smallest absolute Gasteiger partial charge is 0.236 e. The molecule has 1 fully saturated rings. The molecule has 0 atom stereocenters. The fourth-order valence-electron chi connectivity index (χ4n) is 2.20. The Morgan fingerprint density at radius 1 is 1.38 bits per heavy atom. The summed E-state index contributed by atoms with van der Waals surface area (Å²) in [4.78, 5) is 12.5. The quantitative estimate of drug-likeness (QED) is 0.661. The summed E-state index contributed by atoms with van der Waals surface area (Å²) in [5.41, 5.74) is 0.589. The zero-order chi connectivity index (χ0) is 14.9. The summed E-state index contributed by atoms with van der Waals surface area (Å²) in [7, 11) is 0. The number of amides is 1. The molecule has 110 valence electrons. The Bertz CT molecular complexity index is 652. The summed E-state index contributed by atoms with van der Waals surface area (Å²) in [6, 6.07) is 7.50. The molecule has 3 rings (SSSR count). The maximum Gasteiger partial charge on any atom is 0.236 e. The average Bonchev–Trinajstić information content (AvgIpc) is 3.17. The molecule has 1 aliphatic rings. The molecule has 21 heavy (non-hydrogen) atoms. The van der Waals surface area contributed by atoms with Crippen LogP contribution >= 0.6 is 34.7 Å². The maximum absolute atomic E-state index is 12.5. The van der Waals surface area contributed by atoms with Gasteiger partial charge < -0.3 is 0 Å². The molecule has 1 N–H and O–H groups in total. The monoisotopic (exact) mass is 339 g/mol. The zero-order valence-corrected chi connectivity index (χ0v) is 13.8. The highest BCUT2D eigenvalue weighted by Gasteiger charge is 2.51. The molecular formula is C14H14ClN3OS2. The third kappa shape index (κ3) is 3.07. The van der Waals surface area contributed by atoms with Gasteiger partial charge in [0.15, 0.2) is 4.34 Å². The fraction of sp³-hybridized carbons (Fsp3) is 0.357. The number of nitrogens with one attached hydrogen (secondary N) is 1. The Kier molecular flexibility index (Phi) is 4.19. The first-order valence-electron chi connectivity index (χ1n) is 6.68. The first-order chi connectivity index (χ1) is 10.1. The number of rotatable bonds is 5. The van der Waals surface area contributed by atoms with Crippen LogP contribution in [0.2, 0.25) is 5.02 Å². The van der Waals surface area contributed by atoms with Crippen molar-refractivity contribution in [1.82, 2.24) is 10.2 Å². The van der Waals surface area contributed by atoms with E-state index in [0.717, 1.165) is 28.5 Å². The van der Waals surface area contributed by atoms with Crippen LogP contribution in [0.15, 0.2) is 28.6 Å². The van der Waals surface area contributed by atoms with Crippen molar-refractivity contribution in [3.05, 3.63) is 34.9 Å². The van der Waals surface area contributed by atoms with E-state index in [1.807, 2.05) is 24.3 Å². The second-order valence-corrected chi connectivity index (χ2v) is 7.77. The standard InChI is InChI=1S/C14H14ClN3OS2/c1-2-20-13-18-17-12(21-13)16-11(19)14(7-8-14)9-3-5-10(15)6-4-9/h3-6H,2,7-8H2,1H3,(H,16,17,19). The average molecular weight is 340 g/mol. The first kappa shape index (κ1) is 14.8. The predicted molar refractivity (Wildman–Crippen MR) is 87.3 cm³/mol. The Labute approximate surface area is 136 Å². The van der Waals surface area contributed by atoms with Gasteiger partial charge in [0.2, 0.25) is 11.0 Å². The molecule has 0 spiro atoms. The van der Waals surface area contributed by atoms with Crippen LogP contribution in [-0.4, -0.2) is 21.9 Å². The summed E-state index contributed by atoms with van der Waals surface area (Å²) < 4.78 is 0.879. The Hall–Kier alpha value is -1.11. The Balaban J connectivity index is 1.73. The van der Waals surface area contributed by atoms with E-state index >= 15 is 0 Å². The lowest BCUT2D eigenvalue weighted by atomic mass is 9.95. The number of hydrogen-bond acceptors (Lipinski definition) is 5. The lowest BCUT2D eigenvalue weighted by Crippen LogP contribution is -2.27. The number of halogens is 1. The van der Waals surface area contributed by atoms with Crippen molar-refractivity contribution in [3.63, 3.8) is 0 Å². The minimum Gasteiger partial charge on any atom is -0.300 e. The largest absolute Gasteiger partial charge is 0.300 e. The van der Waals surface area contributed by atoms with Gasteiger partial charge in [0.1, 0.15) is 0 Å². The third-order valence-corrected chi connectivity index (χ3v) is 5.58. The normalized spacial score (nSPS) is 15.7. The summed E-state index contributed by atoms with van der Waals surface area (Å²) in [5.74, 6) is 0.936. The molecule has 0 saturated heterocycles. The van der Waals surface area contributed by atoms with Gasteiger partial charge in [-0.25, -0.2) is 0 Å². The van der Waals surface area contributed by atoms with E-state index in [9.17, 15) is 4.79 Å². The van der Waals surface area contributed by atoms with Gasteiger partial charge in [0.05, 0.1) is 5.41 Å². The molecule has 7 heteroatoms. The number of hydrogen-bond donors (Lipinski definition) is 1. The predicted octanol–water partition coefficient (Wildman–Crippen LogP) is 3.97. The van der Waals surface area contributed by atoms with E-state index < -0.39 is 5.41 Å². The number of thioether (sulfide) groups is 1. The lowest BCUT2D eigenvalue weighted by Gasteiger charge is -2.14. The number of carbonyl (C=O) groups excluding carboxylic acids is 1. The van der Waals surface area contributed by atoms with Crippen molar-refractivity contribution in [2.24, 2.45) is 0 Å². The van der Waals surface area contributed by atoms with Crippen LogP contribution in [-0.2, 0) is 10.2 Å². The Morgan fingerprint density at radius 3 is 2.71 bits per heavy atom. The van der Waals surface area contributed by atoms with Crippen molar-refractivity contribution in [2.45, 2.75) is 29.5 Å². The molecule has 1 aliphatic carbocycles. The van der Waals surface area contributed by atoms with Crippen LogP contribution in [0.1, 0.15) is 25.3 Å². The van der Waals surface area contributed by atoms with Gasteiger partial charge in [-0.15, -0.1) is 10.2 Å². The molecule has 4 nitrogen and oxygen atoms in total. The van der Waals surface area contributed by atoms with Crippen molar-refractivity contribution in [2.75, 3.05) is 11.1 Å². The van der Waals surface area contributed by atoms with Gasteiger partial charge in [-0.2, -0.15) is 0 Å². The van der Waals surface area contributed by atoms with Crippen molar-refractivity contribution in [1.29, 1.82) is 0 Å². The molecule has 2 aromatic rings. The molecule has 1 saturated carbocycles. The lowest BCUT2D eigenvalue weighted by molar-refractivity contribution is -0.118. The van der Waals surface area contributed by atoms with E-state index in [1.165, 1.54) is 11.3 Å². The molecule has 1 aromatic heterocycles. The molecular weight excluding hydrogens is 326 g/mol. The zero-order valence-electron chi connectivity index (χ0n) is 11.4.